The Bertz CT molecular complexity index is 563. The Balaban J connectivity index is 2.07. The van der Waals surface area contributed by atoms with Crippen LogP contribution >= 0.6 is 11.6 Å². The molecule has 1 N–H and O–H groups in total. The van der Waals surface area contributed by atoms with Crippen LogP contribution in [0, 0.1) is 0 Å². The number of hydrogen-bond acceptors (Lipinski definition) is 2. The van der Waals surface area contributed by atoms with Gasteiger partial charge in [-0.25, -0.2) is 4.98 Å². The van der Waals surface area contributed by atoms with Crippen molar-refractivity contribution in [2.75, 3.05) is 6.54 Å². The Kier molecular flexibility index (Phi) is 2.11. The van der Waals surface area contributed by atoms with E-state index in [1.807, 2.05) is 22.8 Å². The molecular weight excluding hydrogens is 226 g/mol. The highest BCUT2D eigenvalue weighted by atomic mass is 35.5. The first-order valence-electron chi connectivity index (χ1n) is 5.13. The first-order chi connectivity index (χ1) is 7.74. The van der Waals surface area contributed by atoms with Crippen LogP contribution in [0.2, 0.25) is 5.02 Å². The van der Waals surface area contributed by atoms with E-state index < -0.39 is 0 Å². The van der Waals surface area contributed by atoms with Crippen LogP contribution in [-0.2, 0) is 4.79 Å². The molecular formula is C11H10ClN3O. The zero-order chi connectivity index (χ0) is 11.1. The lowest BCUT2D eigenvalue weighted by Crippen LogP contribution is -2.15. The number of hydrogen-bond donors (Lipinski definition) is 1. The number of nitrogens with zero attached hydrogens (tertiary/aromatic N) is 2. The molecule has 4 nitrogen and oxygen atoms in total. The predicted molar refractivity (Wildman–Crippen MR) is 61.4 cm³/mol. The summed E-state index contributed by atoms with van der Waals surface area (Å²) in [6.07, 6.45) is 2.29. The molecule has 5 heteroatoms. The van der Waals surface area contributed by atoms with Crippen LogP contribution in [-0.4, -0.2) is 22.0 Å². The van der Waals surface area contributed by atoms with Crippen molar-refractivity contribution in [1.29, 1.82) is 0 Å². The third kappa shape index (κ3) is 1.46. The van der Waals surface area contributed by atoms with Crippen LogP contribution in [0.3, 0.4) is 0 Å². The molecule has 0 bridgehead atoms. The minimum Gasteiger partial charge on any atom is -0.354 e. The van der Waals surface area contributed by atoms with Crippen LogP contribution in [0.1, 0.15) is 12.5 Å². The van der Waals surface area contributed by atoms with Gasteiger partial charge in [0.25, 0.3) is 0 Å². The Hall–Kier alpha value is -1.55. The molecule has 1 amide bonds. The van der Waals surface area contributed by atoms with Gasteiger partial charge in [0.1, 0.15) is 0 Å². The van der Waals surface area contributed by atoms with Crippen LogP contribution < -0.4 is 5.32 Å². The van der Waals surface area contributed by atoms with E-state index in [0.29, 0.717) is 18.0 Å². The summed E-state index contributed by atoms with van der Waals surface area (Å²) in [6.45, 7) is 0.674. The standard InChI is InChI=1S/C11H10ClN3O/c12-7-1-2-10-9(3-7)14-6-15(10)8-4-11(16)13-5-8/h1-3,6,8H,4-5H2,(H,13,16). The normalized spacial score (nSPS) is 20.3. The molecule has 16 heavy (non-hydrogen) atoms. The van der Waals surface area contributed by atoms with Gasteiger partial charge in [0.15, 0.2) is 0 Å². The second-order valence-electron chi connectivity index (χ2n) is 3.95. The van der Waals surface area contributed by atoms with Gasteiger partial charge < -0.3 is 9.88 Å². The summed E-state index contributed by atoms with van der Waals surface area (Å²) >= 11 is 5.90. The zero-order valence-electron chi connectivity index (χ0n) is 8.48. The first-order valence-corrected chi connectivity index (χ1v) is 5.50. The fraction of sp³-hybridized carbons (Fsp3) is 0.273. The highest BCUT2D eigenvalue weighted by molar-refractivity contribution is 6.31. The Morgan fingerprint density at radius 1 is 1.50 bits per heavy atom. The van der Waals surface area contributed by atoms with Crippen molar-refractivity contribution in [2.45, 2.75) is 12.5 Å². The number of imidazole rings is 1. The lowest BCUT2D eigenvalue weighted by molar-refractivity contribution is -0.119. The summed E-state index contributed by atoms with van der Waals surface area (Å²) in [5.74, 6) is 0.0980. The molecule has 0 radical (unpaired) electrons. The molecule has 1 atom stereocenters. The highest BCUT2D eigenvalue weighted by Gasteiger charge is 2.23. The Morgan fingerprint density at radius 3 is 3.12 bits per heavy atom. The van der Waals surface area contributed by atoms with Crippen LogP contribution in [0.4, 0.5) is 0 Å². The predicted octanol–water partition coefficient (Wildman–Crippen LogP) is 1.75. The molecule has 0 spiro atoms. The van der Waals surface area contributed by atoms with Gasteiger partial charge in [0, 0.05) is 18.0 Å². The van der Waals surface area contributed by atoms with Gasteiger partial charge in [-0.3, -0.25) is 4.79 Å². The highest BCUT2D eigenvalue weighted by Crippen LogP contribution is 2.24. The van der Waals surface area contributed by atoms with Gasteiger partial charge in [-0.15, -0.1) is 0 Å². The lowest BCUT2D eigenvalue weighted by Gasteiger charge is -2.10. The number of carbonyl (C=O) groups is 1. The van der Waals surface area contributed by atoms with Gasteiger partial charge >= 0.3 is 0 Å². The number of aromatic nitrogens is 2. The van der Waals surface area contributed by atoms with Crippen molar-refractivity contribution in [1.82, 2.24) is 14.9 Å². The number of carbonyl (C=O) groups excluding carboxylic acids is 1. The molecule has 1 unspecified atom stereocenters. The smallest absolute Gasteiger partial charge is 0.222 e. The zero-order valence-corrected chi connectivity index (χ0v) is 9.24. The molecule has 1 aromatic carbocycles. The molecule has 0 aliphatic carbocycles. The summed E-state index contributed by atoms with van der Waals surface area (Å²) in [4.78, 5) is 15.5. The first kappa shape index (κ1) is 9.66. The number of halogens is 1. The molecule has 2 aromatic rings. The largest absolute Gasteiger partial charge is 0.354 e. The van der Waals surface area contributed by atoms with Gasteiger partial charge in [0.05, 0.1) is 23.4 Å². The van der Waals surface area contributed by atoms with Gasteiger partial charge in [-0.1, -0.05) is 11.6 Å². The molecule has 3 rings (SSSR count). The maximum atomic E-state index is 11.2. The van der Waals surface area contributed by atoms with E-state index in [-0.39, 0.29) is 11.9 Å². The maximum absolute atomic E-state index is 11.2. The average molecular weight is 236 g/mol. The quantitative estimate of drug-likeness (QED) is 0.819. The lowest BCUT2D eigenvalue weighted by atomic mass is 10.2. The van der Waals surface area contributed by atoms with E-state index in [1.165, 1.54) is 0 Å². The molecule has 1 aliphatic heterocycles. The van der Waals surface area contributed by atoms with E-state index in [4.69, 9.17) is 11.6 Å². The third-order valence-corrected chi connectivity index (χ3v) is 3.12. The fourth-order valence-electron chi connectivity index (χ4n) is 2.08. The summed E-state index contributed by atoms with van der Waals surface area (Å²) in [5.41, 5.74) is 1.89. The third-order valence-electron chi connectivity index (χ3n) is 2.89. The molecule has 1 aliphatic rings. The average Bonchev–Trinajstić information content (AvgIpc) is 2.83. The van der Waals surface area contributed by atoms with E-state index in [2.05, 4.69) is 10.3 Å². The number of nitrogens with one attached hydrogen (secondary N) is 1. The molecule has 1 aromatic heterocycles. The number of benzene rings is 1. The van der Waals surface area contributed by atoms with E-state index in [9.17, 15) is 4.79 Å². The Labute approximate surface area is 97.2 Å². The molecule has 0 saturated carbocycles. The number of rotatable bonds is 1. The van der Waals surface area contributed by atoms with Gasteiger partial charge in [-0.2, -0.15) is 0 Å². The molecule has 1 fully saturated rings. The molecule has 1 saturated heterocycles. The minimum atomic E-state index is 0.0980. The minimum absolute atomic E-state index is 0.0980. The summed E-state index contributed by atoms with van der Waals surface area (Å²) in [5, 5.41) is 3.50. The van der Waals surface area contributed by atoms with Crippen molar-refractivity contribution in [3.8, 4) is 0 Å². The van der Waals surface area contributed by atoms with E-state index in [0.717, 1.165) is 11.0 Å². The van der Waals surface area contributed by atoms with Gasteiger partial charge in [-0.05, 0) is 18.2 Å². The van der Waals surface area contributed by atoms with Crippen LogP contribution in [0.15, 0.2) is 24.5 Å². The van der Waals surface area contributed by atoms with Crippen molar-refractivity contribution in [2.24, 2.45) is 0 Å². The Morgan fingerprint density at radius 2 is 2.38 bits per heavy atom. The maximum Gasteiger partial charge on any atom is 0.222 e. The van der Waals surface area contributed by atoms with Crippen LogP contribution in [0.25, 0.3) is 11.0 Å². The molecule has 2 heterocycles. The topological polar surface area (TPSA) is 46.9 Å². The second kappa shape index (κ2) is 3.49. The summed E-state index contributed by atoms with van der Waals surface area (Å²) in [6, 6.07) is 5.77. The number of amides is 1. The van der Waals surface area contributed by atoms with E-state index >= 15 is 0 Å². The monoisotopic (exact) mass is 235 g/mol. The SMILES string of the molecule is O=C1CC(n2cnc3cc(Cl)ccc32)CN1. The van der Waals surface area contributed by atoms with Crippen molar-refractivity contribution in [3.05, 3.63) is 29.5 Å². The van der Waals surface area contributed by atoms with Crippen molar-refractivity contribution >= 4 is 28.5 Å². The summed E-state index contributed by atoms with van der Waals surface area (Å²) < 4.78 is 2.03. The van der Waals surface area contributed by atoms with Crippen molar-refractivity contribution in [3.63, 3.8) is 0 Å². The van der Waals surface area contributed by atoms with Gasteiger partial charge in [0.2, 0.25) is 5.91 Å². The summed E-state index contributed by atoms with van der Waals surface area (Å²) in [7, 11) is 0. The second-order valence-corrected chi connectivity index (χ2v) is 4.38. The van der Waals surface area contributed by atoms with Crippen molar-refractivity contribution < 1.29 is 4.79 Å². The van der Waals surface area contributed by atoms with E-state index in [1.54, 1.807) is 6.33 Å². The number of fused-ring (bicyclic) bond motifs is 1. The molecule has 82 valence electrons. The van der Waals surface area contributed by atoms with Crippen LogP contribution in [0.5, 0.6) is 0 Å². The fourth-order valence-corrected chi connectivity index (χ4v) is 2.25.